The van der Waals surface area contributed by atoms with Crippen molar-refractivity contribution in [2.45, 2.75) is 76.2 Å². The first-order chi connectivity index (χ1) is 31.1. The van der Waals surface area contributed by atoms with E-state index in [2.05, 4.69) is 36.5 Å². The first-order valence-corrected chi connectivity index (χ1v) is 22.1. The highest BCUT2D eigenvalue weighted by atomic mass is 32.1. The van der Waals surface area contributed by atoms with Crippen LogP contribution in [0.4, 0.5) is 5.69 Å². The summed E-state index contributed by atoms with van der Waals surface area (Å²) < 4.78 is 0. The number of aromatic nitrogens is 1. The third kappa shape index (κ3) is 12.3. The molecule has 0 aliphatic carbocycles. The molecule has 0 bridgehead atoms. The Labute approximate surface area is 377 Å². The standard InChI is InChI=1S/C45H52N8O11S/c1-25(2)19-31-34(54)21-26(20-27-24-46-30-12-7-6-11-29(27)30)40(58)48-33(23-37(56)57)41(59)49-32(22-36(55)53-16-14-52(15-17-53)28-9-4-3-5-10-28)42(60)51-39(45(63)64)44(62)50-38(43(61)47-31)35-13-8-18-65-35/h3-13,18,24-26,31-33,38-39,46H,14-17,19-23H2,1-2H3,(H,47,61)(H,48,58)(H,49,59)(H,50,62)(H,51,60)(H,56,57)(H,63,64)/t26-,31-,32-,33+,38+,39+/m0/s1. The van der Waals surface area contributed by atoms with E-state index in [0.29, 0.717) is 18.7 Å². The van der Waals surface area contributed by atoms with Crippen molar-refractivity contribution in [1.82, 2.24) is 36.5 Å². The first kappa shape index (κ1) is 47.4. The summed E-state index contributed by atoms with van der Waals surface area (Å²) in [5, 5.41) is 34.5. The monoisotopic (exact) mass is 912 g/mol. The Hall–Kier alpha value is -7.09. The van der Waals surface area contributed by atoms with Crippen molar-refractivity contribution in [2.75, 3.05) is 31.1 Å². The number of anilines is 1. The third-order valence-electron chi connectivity index (χ3n) is 11.3. The number of carboxylic acids is 2. The molecule has 2 saturated heterocycles. The fourth-order valence-electron chi connectivity index (χ4n) is 7.95. The summed E-state index contributed by atoms with van der Waals surface area (Å²) in [7, 11) is 0. The second-order valence-corrected chi connectivity index (χ2v) is 17.5. The Balaban J connectivity index is 1.36. The number of nitrogens with zero attached hydrogens (tertiary/aromatic N) is 2. The molecule has 2 aliphatic heterocycles. The molecule has 4 heterocycles. The lowest BCUT2D eigenvalue weighted by molar-refractivity contribution is -0.148. The van der Waals surface area contributed by atoms with Crippen LogP contribution >= 0.6 is 11.3 Å². The maximum Gasteiger partial charge on any atom is 0.336 e. The van der Waals surface area contributed by atoms with E-state index in [9.17, 15) is 53.4 Å². The van der Waals surface area contributed by atoms with Gasteiger partial charge in [0.25, 0.3) is 5.91 Å². The number of ketones is 1. The van der Waals surface area contributed by atoms with Gasteiger partial charge in [-0.05, 0) is 54.0 Å². The van der Waals surface area contributed by atoms with E-state index in [0.717, 1.165) is 27.9 Å². The number of carbonyl (C=O) groups is 9. The Morgan fingerprint density at radius 3 is 2.02 bits per heavy atom. The van der Waals surface area contributed by atoms with Crippen LogP contribution in [0.3, 0.4) is 0 Å². The second-order valence-electron chi connectivity index (χ2n) is 16.5. The highest BCUT2D eigenvalue weighted by Gasteiger charge is 2.39. The van der Waals surface area contributed by atoms with Crippen LogP contribution in [-0.4, -0.2) is 124 Å². The van der Waals surface area contributed by atoms with Crippen LogP contribution in [0.5, 0.6) is 0 Å². The molecule has 344 valence electrons. The van der Waals surface area contributed by atoms with E-state index in [1.165, 1.54) is 11.0 Å². The quantitative estimate of drug-likeness (QED) is 0.0995. The summed E-state index contributed by atoms with van der Waals surface area (Å²) in [6.45, 7) is 4.89. The van der Waals surface area contributed by atoms with E-state index in [1.807, 2.05) is 62.4 Å². The van der Waals surface area contributed by atoms with Crippen LogP contribution in [0.15, 0.2) is 78.3 Å². The molecular formula is C45H52N8O11S. The van der Waals surface area contributed by atoms with Gasteiger partial charge in [-0.15, -0.1) is 11.3 Å². The predicted molar refractivity (Wildman–Crippen MR) is 237 cm³/mol. The van der Waals surface area contributed by atoms with Gasteiger partial charge in [0.15, 0.2) is 5.78 Å². The average Bonchev–Trinajstić information content (AvgIpc) is 3.96. The van der Waals surface area contributed by atoms with Crippen LogP contribution in [0.1, 0.15) is 56.0 Å². The number of aromatic amines is 1. The van der Waals surface area contributed by atoms with Crippen molar-refractivity contribution in [3.8, 4) is 0 Å². The molecule has 20 heteroatoms. The molecule has 0 radical (unpaired) electrons. The molecule has 6 atom stereocenters. The minimum atomic E-state index is -2.37. The highest BCUT2D eigenvalue weighted by molar-refractivity contribution is 7.10. The number of fused-ring (bicyclic) bond motifs is 1. The number of para-hydroxylation sites is 2. The summed E-state index contributed by atoms with van der Waals surface area (Å²) in [6, 6.07) is 10.9. The van der Waals surface area contributed by atoms with Crippen molar-refractivity contribution in [1.29, 1.82) is 0 Å². The summed E-state index contributed by atoms with van der Waals surface area (Å²) in [5.74, 6) is -11.6. The topological polar surface area (TPSA) is 277 Å². The van der Waals surface area contributed by atoms with Crippen molar-refractivity contribution in [3.63, 3.8) is 0 Å². The fraction of sp³-hybridized carbons (Fsp3) is 0.400. The molecule has 4 aromatic rings. The zero-order valence-corrected chi connectivity index (χ0v) is 36.6. The molecular weight excluding hydrogens is 861 g/mol. The number of carbonyl (C=O) groups excluding carboxylic acids is 7. The molecule has 0 saturated carbocycles. The fourth-order valence-corrected chi connectivity index (χ4v) is 8.72. The Morgan fingerprint density at radius 2 is 1.35 bits per heavy atom. The highest BCUT2D eigenvalue weighted by Crippen LogP contribution is 2.25. The second kappa shape index (κ2) is 21.5. The van der Waals surface area contributed by atoms with E-state index < -0.39 is 109 Å². The SMILES string of the molecule is CC(C)C[C@@H]1NC(=O)[C@@H](c2cccs2)NC(=O)[C@H](C(=O)O)NC(=O)[C@H](CC(=O)N2CCN(c3ccccc3)CC2)NC(=O)[C@@H](CC(=O)O)NC(=O)[C@@H](Cc2c[nH]c3ccccc23)CC1=O. The summed E-state index contributed by atoms with van der Waals surface area (Å²) >= 11 is 1.06. The molecule has 0 spiro atoms. The van der Waals surface area contributed by atoms with Gasteiger partial charge in [0, 0.05) is 66.2 Å². The lowest BCUT2D eigenvalue weighted by Crippen LogP contribution is -2.61. The summed E-state index contributed by atoms with van der Waals surface area (Å²) in [6.07, 6.45) is -0.530. The number of nitrogens with one attached hydrogen (secondary N) is 6. The number of Topliss-reactive ketones (excluding diaryl/α,β-unsaturated/α-hetero) is 1. The number of benzene rings is 2. The largest absolute Gasteiger partial charge is 0.481 e. The van der Waals surface area contributed by atoms with E-state index in [1.54, 1.807) is 23.7 Å². The maximum atomic E-state index is 14.4. The van der Waals surface area contributed by atoms with E-state index >= 15 is 0 Å². The number of H-pyrrole nitrogens is 1. The molecule has 2 aliphatic rings. The number of rotatable bonds is 11. The molecule has 65 heavy (non-hydrogen) atoms. The van der Waals surface area contributed by atoms with Crippen LogP contribution in [0, 0.1) is 11.8 Å². The third-order valence-corrected chi connectivity index (χ3v) is 12.3. The number of amides is 6. The number of hydrogen-bond acceptors (Lipinski definition) is 11. The lowest BCUT2D eigenvalue weighted by atomic mass is 9.88. The van der Waals surface area contributed by atoms with Crippen molar-refractivity contribution in [2.24, 2.45) is 11.8 Å². The molecule has 19 nitrogen and oxygen atoms in total. The van der Waals surface area contributed by atoms with Gasteiger partial charge in [0.1, 0.15) is 18.1 Å². The molecule has 2 aromatic carbocycles. The van der Waals surface area contributed by atoms with Crippen molar-refractivity contribution in [3.05, 3.63) is 88.7 Å². The van der Waals surface area contributed by atoms with Gasteiger partial charge in [-0.2, -0.15) is 0 Å². The molecule has 6 amide bonds. The number of aliphatic carboxylic acids is 2. The first-order valence-electron chi connectivity index (χ1n) is 21.2. The molecule has 0 unspecified atom stereocenters. The molecule has 6 rings (SSSR count). The van der Waals surface area contributed by atoms with Gasteiger partial charge < -0.3 is 51.6 Å². The summed E-state index contributed by atoms with van der Waals surface area (Å²) in [5.41, 5.74) is 2.31. The normalized spacial score (nSPS) is 23.1. The van der Waals surface area contributed by atoms with Crippen LogP contribution in [0.25, 0.3) is 10.9 Å². The molecule has 2 aromatic heterocycles. The van der Waals surface area contributed by atoms with E-state index in [-0.39, 0.29) is 36.7 Å². The molecule has 2 fully saturated rings. The van der Waals surface area contributed by atoms with Gasteiger partial charge in [-0.1, -0.05) is 56.3 Å². The van der Waals surface area contributed by atoms with Crippen LogP contribution < -0.4 is 31.5 Å². The van der Waals surface area contributed by atoms with Gasteiger partial charge in [-0.25, -0.2) is 4.79 Å². The lowest BCUT2D eigenvalue weighted by Gasteiger charge is -2.36. The number of piperazine rings is 1. The van der Waals surface area contributed by atoms with Gasteiger partial charge in [0.2, 0.25) is 35.6 Å². The van der Waals surface area contributed by atoms with Crippen LogP contribution in [-0.2, 0) is 49.6 Å². The Morgan fingerprint density at radius 1 is 0.708 bits per heavy atom. The van der Waals surface area contributed by atoms with Crippen molar-refractivity contribution >= 4 is 81.1 Å². The van der Waals surface area contributed by atoms with Crippen LogP contribution in [0.2, 0.25) is 0 Å². The number of hydrogen-bond donors (Lipinski definition) is 8. The van der Waals surface area contributed by atoms with Crippen molar-refractivity contribution < 1.29 is 53.4 Å². The minimum Gasteiger partial charge on any atom is -0.481 e. The number of thiophene rings is 1. The van der Waals surface area contributed by atoms with E-state index in [4.69, 9.17) is 0 Å². The smallest absolute Gasteiger partial charge is 0.336 e. The predicted octanol–water partition coefficient (Wildman–Crippen LogP) is 1.50. The van der Waals surface area contributed by atoms with Gasteiger partial charge in [-0.3, -0.25) is 38.4 Å². The molecule has 8 N–H and O–H groups in total. The Bertz CT molecular complexity index is 2400. The zero-order valence-electron chi connectivity index (χ0n) is 35.8. The minimum absolute atomic E-state index is 0.0626. The Kier molecular flexibility index (Phi) is 15.7. The average molecular weight is 913 g/mol. The van der Waals surface area contributed by atoms with Gasteiger partial charge >= 0.3 is 11.9 Å². The number of carboxylic acid groups (broad SMARTS) is 2. The van der Waals surface area contributed by atoms with Gasteiger partial charge in [0.05, 0.1) is 18.9 Å². The maximum absolute atomic E-state index is 14.4. The summed E-state index contributed by atoms with van der Waals surface area (Å²) in [4.78, 5) is 130. The zero-order chi connectivity index (χ0) is 46.8.